The molecule has 2 nitrogen and oxygen atoms in total. The van der Waals surface area contributed by atoms with Gasteiger partial charge < -0.3 is 0 Å². The fourth-order valence-electron chi connectivity index (χ4n) is 3.02. The van der Waals surface area contributed by atoms with E-state index in [1.807, 2.05) is 31.3 Å². The summed E-state index contributed by atoms with van der Waals surface area (Å²) in [6, 6.07) is 13.2. The first-order valence-corrected chi connectivity index (χ1v) is 5.97. The van der Waals surface area contributed by atoms with Gasteiger partial charge in [0.25, 0.3) is 0 Å². The molecule has 88 valence electrons. The Hall–Kier alpha value is -1.59. The van der Waals surface area contributed by atoms with Gasteiger partial charge in [0.05, 0.1) is 6.07 Å². The smallest absolute Gasteiger partial charge is 0.121 e. The summed E-state index contributed by atoms with van der Waals surface area (Å²) in [6.45, 7) is 5.96. The van der Waals surface area contributed by atoms with Crippen molar-refractivity contribution in [3.8, 4) is 6.07 Å². The van der Waals surface area contributed by atoms with E-state index in [-0.39, 0.29) is 5.92 Å². The summed E-state index contributed by atoms with van der Waals surface area (Å²) in [5.41, 5.74) is 0.837. The third kappa shape index (κ3) is 1.59. The summed E-state index contributed by atoms with van der Waals surface area (Å²) in [6.07, 6.45) is 2.56. The second-order valence-electron chi connectivity index (χ2n) is 4.77. The van der Waals surface area contributed by atoms with Crippen molar-refractivity contribution < 1.29 is 0 Å². The normalized spacial score (nSPS) is 32.5. The number of likely N-dealkylation sites (N-methyl/N-ethyl adjacent to an activating group) is 1. The van der Waals surface area contributed by atoms with Crippen molar-refractivity contribution in [2.45, 2.75) is 30.8 Å². The summed E-state index contributed by atoms with van der Waals surface area (Å²) < 4.78 is 0. The van der Waals surface area contributed by atoms with E-state index in [1.54, 1.807) is 0 Å². The highest BCUT2D eigenvalue weighted by Crippen LogP contribution is 2.49. The Morgan fingerprint density at radius 1 is 1.47 bits per heavy atom. The minimum absolute atomic E-state index is 0.275. The Balaban J connectivity index is 2.39. The van der Waals surface area contributed by atoms with Crippen LogP contribution in [0.5, 0.6) is 0 Å². The Morgan fingerprint density at radius 2 is 2.12 bits per heavy atom. The Kier molecular flexibility index (Phi) is 3.04. The predicted molar refractivity (Wildman–Crippen MR) is 69.6 cm³/mol. The molecule has 0 N–H and O–H groups in total. The molecule has 2 rings (SSSR count). The van der Waals surface area contributed by atoms with Gasteiger partial charge in [-0.15, -0.1) is 6.58 Å². The van der Waals surface area contributed by atoms with E-state index in [1.165, 1.54) is 5.56 Å². The van der Waals surface area contributed by atoms with Crippen LogP contribution in [0.15, 0.2) is 43.0 Å². The SMILES string of the molecule is C=CC[C@]1(C#N)[C@@H](c2ccccc2)[C@H](C)N1C. The summed E-state index contributed by atoms with van der Waals surface area (Å²) in [4.78, 5) is 2.16. The molecule has 1 saturated heterocycles. The van der Waals surface area contributed by atoms with Gasteiger partial charge in [-0.3, -0.25) is 4.90 Å². The highest BCUT2D eigenvalue weighted by atomic mass is 15.3. The Labute approximate surface area is 103 Å². The standard InChI is InChI=1S/C15H18N2/c1-4-10-15(11-16)14(12(2)17(15)3)13-8-6-5-7-9-13/h4-9,12,14H,1,10H2,2-3H3/t12-,14+,15-/m0/s1. The maximum atomic E-state index is 9.55. The van der Waals surface area contributed by atoms with Gasteiger partial charge in [0.1, 0.15) is 5.54 Å². The molecule has 0 saturated carbocycles. The van der Waals surface area contributed by atoms with E-state index in [0.29, 0.717) is 12.5 Å². The number of benzene rings is 1. The molecule has 3 atom stereocenters. The highest BCUT2D eigenvalue weighted by Gasteiger charge is 2.56. The zero-order valence-corrected chi connectivity index (χ0v) is 10.4. The molecule has 1 fully saturated rings. The Morgan fingerprint density at radius 3 is 2.65 bits per heavy atom. The largest absolute Gasteiger partial charge is 0.284 e. The van der Waals surface area contributed by atoms with Gasteiger partial charge in [-0.05, 0) is 26.0 Å². The molecule has 1 heterocycles. The summed E-state index contributed by atoms with van der Waals surface area (Å²) in [5.74, 6) is 0.275. The lowest BCUT2D eigenvalue weighted by Gasteiger charge is -2.58. The number of nitrogens with zero attached hydrogens (tertiary/aromatic N) is 2. The van der Waals surface area contributed by atoms with Crippen LogP contribution in [0.1, 0.15) is 24.8 Å². The zero-order chi connectivity index (χ0) is 12.5. The van der Waals surface area contributed by atoms with Gasteiger partial charge in [0.15, 0.2) is 0 Å². The third-order valence-electron chi connectivity index (χ3n) is 4.05. The van der Waals surface area contributed by atoms with Crippen LogP contribution in [-0.2, 0) is 0 Å². The molecule has 0 bridgehead atoms. The van der Waals surface area contributed by atoms with Crippen molar-refractivity contribution in [2.75, 3.05) is 7.05 Å². The van der Waals surface area contributed by atoms with E-state index >= 15 is 0 Å². The third-order valence-corrected chi connectivity index (χ3v) is 4.05. The quantitative estimate of drug-likeness (QED) is 0.741. The molecule has 0 aromatic heterocycles. The molecule has 0 radical (unpaired) electrons. The van der Waals surface area contributed by atoms with Crippen LogP contribution in [-0.4, -0.2) is 23.5 Å². The fourth-order valence-corrected chi connectivity index (χ4v) is 3.02. The average molecular weight is 226 g/mol. The second-order valence-corrected chi connectivity index (χ2v) is 4.77. The first kappa shape index (κ1) is 11.9. The number of rotatable bonds is 3. The molecule has 1 aliphatic rings. The minimum Gasteiger partial charge on any atom is -0.284 e. The van der Waals surface area contributed by atoms with Crippen molar-refractivity contribution in [3.05, 3.63) is 48.6 Å². The first-order chi connectivity index (χ1) is 8.17. The van der Waals surface area contributed by atoms with Gasteiger partial charge in [-0.1, -0.05) is 36.4 Å². The molecular weight excluding hydrogens is 208 g/mol. The van der Waals surface area contributed by atoms with Crippen LogP contribution >= 0.6 is 0 Å². The lowest BCUT2D eigenvalue weighted by atomic mass is 9.65. The van der Waals surface area contributed by atoms with Crippen LogP contribution < -0.4 is 0 Å². The summed E-state index contributed by atoms with van der Waals surface area (Å²) in [7, 11) is 2.02. The zero-order valence-electron chi connectivity index (χ0n) is 10.4. The van der Waals surface area contributed by atoms with Crippen molar-refractivity contribution in [3.63, 3.8) is 0 Å². The molecule has 0 aliphatic carbocycles. The molecule has 2 heteroatoms. The number of hydrogen-bond donors (Lipinski definition) is 0. The van der Waals surface area contributed by atoms with Crippen LogP contribution in [0.3, 0.4) is 0 Å². The molecule has 1 aliphatic heterocycles. The molecule has 0 amide bonds. The Bertz CT molecular complexity index is 446. The van der Waals surface area contributed by atoms with Crippen molar-refractivity contribution in [1.82, 2.24) is 4.90 Å². The average Bonchev–Trinajstić information content (AvgIpc) is 2.38. The molecule has 0 unspecified atom stereocenters. The number of likely N-dealkylation sites (tertiary alicyclic amines) is 1. The van der Waals surface area contributed by atoms with E-state index in [9.17, 15) is 5.26 Å². The van der Waals surface area contributed by atoms with Crippen LogP contribution in [0.25, 0.3) is 0 Å². The lowest BCUT2D eigenvalue weighted by Crippen LogP contribution is -2.68. The van der Waals surface area contributed by atoms with E-state index < -0.39 is 5.54 Å². The van der Waals surface area contributed by atoms with Gasteiger partial charge >= 0.3 is 0 Å². The number of nitriles is 1. The molecule has 1 aromatic rings. The summed E-state index contributed by atoms with van der Waals surface area (Å²) >= 11 is 0. The van der Waals surface area contributed by atoms with E-state index in [0.717, 1.165) is 0 Å². The van der Waals surface area contributed by atoms with E-state index in [2.05, 4.69) is 36.6 Å². The van der Waals surface area contributed by atoms with Gasteiger partial charge in [-0.25, -0.2) is 0 Å². The van der Waals surface area contributed by atoms with Gasteiger partial charge in [0.2, 0.25) is 0 Å². The maximum absolute atomic E-state index is 9.55. The highest BCUT2D eigenvalue weighted by molar-refractivity contribution is 5.37. The number of hydrogen-bond acceptors (Lipinski definition) is 2. The van der Waals surface area contributed by atoms with Gasteiger partial charge in [-0.2, -0.15) is 5.26 Å². The monoisotopic (exact) mass is 226 g/mol. The van der Waals surface area contributed by atoms with Crippen LogP contribution in [0.2, 0.25) is 0 Å². The molecule has 0 spiro atoms. The fraction of sp³-hybridized carbons (Fsp3) is 0.400. The van der Waals surface area contributed by atoms with Crippen LogP contribution in [0, 0.1) is 11.3 Å². The topological polar surface area (TPSA) is 27.0 Å². The lowest BCUT2D eigenvalue weighted by molar-refractivity contribution is -0.0297. The predicted octanol–water partition coefficient (Wildman–Crippen LogP) is 2.94. The maximum Gasteiger partial charge on any atom is 0.121 e. The first-order valence-electron chi connectivity index (χ1n) is 5.97. The molecule has 1 aromatic carbocycles. The van der Waals surface area contributed by atoms with E-state index in [4.69, 9.17) is 0 Å². The summed E-state index contributed by atoms with van der Waals surface area (Å²) in [5, 5.41) is 9.55. The molecule has 17 heavy (non-hydrogen) atoms. The molecular formula is C15H18N2. The van der Waals surface area contributed by atoms with Crippen LogP contribution in [0.4, 0.5) is 0 Å². The van der Waals surface area contributed by atoms with Crippen molar-refractivity contribution >= 4 is 0 Å². The van der Waals surface area contributed by atoms with Gasteiger partial charge in [0, 0.05) is 12.0 Å². The van der Waals surface area contributed by atoms with Crippen molar-refractivity contribution in [2.24, 2.45) is 0 Å². The minimum atomic E-state index is -0.414. The van der Waals surface area contributed by atoms with Crippen molar-refractivity contribution in [1.29, 1.82) is 5.26 Å². The second kappa shape index (κ2) is 4.35.